The molecule has 6 nitrogen and oxygen atoms in total. The van der Waals surface area contributed by atoms with Crippen molar-refractivity contribution < 1.29 is 14.8 Å². The number of hydrogen-bond acceptors (Lipinski definition) is 5. The van der Waals surface area contributed by atoms with Crippen molar-refractivity contribution in [3.05, 3.63) is 34.4 Å². The smallest absolute Gasteiger partial charge is 0.269 e. The van der Waals surface area contributed by atoms with E-state index in [1.165, 1.54) is 12.1 Å². The maximum absolute atomic E-state index is 10.5. The van der Waals surface area contributed by atoms with Crippen LogP contribution >= 0.6 is 0 Å². The number of nitrogens with zero attached hydrogens (tertiary/aromatic N) is 2. The van der Waals surface area contributed by atoms with Crippen LogP contribution in [0, 0.1) is 10.1 Å². The highest BCUT2D eigenvalue weighted by atomic mass is 16.6. The van der Waals surface area contributed by atoms with Gasteiger partial charge in [0.05, 0.1) is 4.92 Å². The van der Waals surface area contributed by atoms with Gasteiger partial charge in [0, 0.05) is 25.2 Å². The molecule has 0 spiro atoms. The quantitative estimate of drug-likeness (QED) is 0.647. The Balaban J connectivity index is 1.92. The lowest BCUT2D eigenvalue weighted by Crippen LogP contribution is -2.32. The zero-order valence-corrected chi connectivity index (χ0v) is 10.2. The molecular formula is C12H16N2O4. The number of likely N-dealkylation sites (tertiary alicyclic amines) is 1. The van der Waals surface area contributed by atoms with Gasteiger partial charge in [0.25, 0.3) is 5.69 Å². The molecule has 1 aliphatic rings. The van der Waals surface area contributed by atoms with Crippen LogP contribution in [0.25, 0.3) is 0 Å². The van der Waals surface area contributed by atoms with Crippen LogP contribution in [0.2, 0.25) is 0 Å². The van der Waals surface area contributed by atoms with Gasteiger partial charge in [0.15, 0.2) is 0 Å². The van der Waals surface area contributed by atoms with Gasteiger partial charge in [0.1, 0.15) is 18.1 Å². The summed E-state index contributed by atoms with van der Waals surface area (Å²) in [5.41, 5.74) is 0.0550. The van der Waals surface area contributed by atoms with Crippen LogP contribution in [0.15, 0.2) is 24.3 Å². The lowest BCUT2D eigenvalue weighted by Gasteiger charge is -2.19. The summed E-state index contributed by atoms with van der Waals surface area (Å²) in [6.07, 6.45) is 0.415. The Kier molecular flexibility index (Phi) is 3.78. The molecule has 1 N–H and O–H groups in total. The first-order chi connectivity index (χ1) is 8.56. The van der Waals surface area contributed by atoms with E-state index in [0.29, 0.717) is 12.3 Å². The third-order valence-electron chi connectivity index (χ3n) is 3.06. The number of hydrogen-bond donors (Lipinski definition) is 1. The summed E-state index contributed by atoms with van der Waals surface area (Å²) in [4.78, 5) is 12.0. The maximum Gasteiger partial charge on any atom is 0.269 e. The van der Waals surface area contributed by atoms with E-state index < -0.39 is 11.2 Å². The van der Waals surface area contributed by atoms with Gasteiger partial charge in [-0.1, -0.05) is 0 Å². The molecule has 98 valence electrons. The Morgan fingerprint density at radius 3 is 2.67 bits per heavy atom. The molecule has 0 aromatic heterocycles. The van der Waals surface area contributed by atoms with Crippen molar-refractivity contribution in [1.29, 1.82) is 0 Å². The third kappa shape index (κ3) is 2.96. The van der Waals surface area contributed by atoms with Crippen LogP contribution in [-0.2, 0) is 0 Å². The van der Waals surface area contributed by atoms with E-state index in [1.807, 2.05) is 4.90 Å². The molecule has 6 heteroatoms. The van der Waals surface area contributed by atoms with Crippen molar-refractivity contribution in [2.45, 2.75) is 25.7 Å². The van der Waals surface area contributed by atoms with Crippen LogP contribution < -0.4 is 4.74 Å². The fourth-order valence-corrected chi connectivity index (χ4v) is 2.03. The Morgan fingerprint density at radius 2 is 2.17 bits per heavy atom. The maximum atomic E-state index is 10.5. The summed E-state index contributed by atoms with van der Waals surface area (Å²) < 4.78 is 5.72. The summed E-state index contributed by atoms with van der Waals surface area (Å²) in [7, 11) is 0. The molecule has 2 atom stereocenters. The van der Waals surface area contributed by atoms with Gasteiger partial charge in [-0.05, 0) is 25.5 Å². The van der Waals surface area contributed by atoms with Crippen LogP contribution in [-0.4, -0.2) is 40.4 Å². The second-order valence-corrected chi connectivity index (χ2v) is 4.41. The minimum Gasteiger partial charge on any atom is -0.489 e. The molecule has 0 saturated carbocycles. The van der Waals surface area contributed by atoms with E-state index in [1.54, 1.807) is 19.1 Å². The summed E-state index contributed by atoms with van der Waals surface area (Å²) in [5.74, 6) is 0.623. The molecule has 2 rings (SSSR count). The second-order valence-electron chi connectivity index (χ2n) is 4.41. The van der Waals surface area contributed by atoms with E-state index >= 15 is 0 Å². The van der Waals surface area contributed by atoms with Gasteiger partial charge in [0.2, 0.25) is 0 Å². The summed E-state index contributed by atoms with van der Waals surface area (Å²) in [5, 5.41) is 19.9. The van der Waals surface area contributed by atoms with E-state index in [9.17, 15) is 15.2 Å². The lowest BCUT2D eigenvalue weighted by molar-refractivity contribution is -0.384. The summed E-state index contributed by atoms with van der Waals surface area (Å²) in [6.45, 7) is 3.21. The predicted octanol–water partition coefficient (Wildman–Crippen LogP) is 1.39. The molecule has 1 fully saturated rings. The van der Waals surface area contributed by atoms with Crippen LogP contribution in [0.5, 0.6) is 5.75 Å². The van der Waals surface area contributed by atoms with Gasteiger partial charge >= 0.3 is 0 Å². The Morgan fingerprint density at radius 1 is 1.50 bits per heavy atom. The first-order valence-electron chi connectivity index (χ1n) is 5.89. The van der Waals surface area contributed by atoms with Crippen molar-refractivity contribution in [1.82, 2.24) is 4.90 Å². The van der Waals surface area contributed by atoms with Gasteiger partial charge in [-0.15, -0.1) is 0 Å². The average Bonchev–Trinajstić information content (AvgIpc) is 2.78. The van der Waals surface area contributed by atoms with Gasteiger partial charge in [-0.2, -0.15) is 0 Å². The number of ether oxygens (including phenoxy) is 1. The van der Waals surface area contributed by atoms with Crippen molar-refractivity contribution in [2.75, 3.05) is 13.1 Å². The zero-order chi connectivity index (χ0) is 13.1. The van der Waals surface area contributed by atoms with E-state index in [2.05, 4.69) is 0 Å². The molecule has 1 aliphatic heterocycles. The zero-order valence-electron chi connectivity index (χ0n) is 10.2. The largest absolute Gasteiger partial charge is 0.489 e. The third-order valence-corrected chi connectivity index (χ3v) is 3.06. The van der Waals surface area contributed by atoms with E-state index in [-0.39, 0.29) is 11.8 Å². The Bertz CT molecular complexity index is 419. The minimum atomic E-state index is -0.463. The number of aliphatic hydroxyl groups is 1. The van der Waals surface area contributed by atoms with Crippen LogP contribution in [0.3, 0.4) is 0 Å². The Labute approximate surface area is 105 Å². The number of nitro benzene ring substituents is 1. The van der Waals surface area contributed by atoms with Gasteiger partial charge < -0.3 is 9.84 Å². The summed E-state index contributed by atoms with van der Waals surface area (Å²) in [6, 6.07) is 6.06. The monoisotopic (exact) mass is 252 g/mol. The van der Waals surface area contributed by atoms with E-state index in [4.69, 9.17) is 4.74 Å². The van der Waals surface area contributed by atoms with Crippen LogP contribution in [0.1, 0.15) is 13.3 Å². The molecule has 0 amide bonds. The van der Waals surface area contributed by atoms with Crippen molar-refractivity contribution >= 4 is 5.69 Å². The van der Waals surface area contributed by atoms with Crippen molar-refractivity contribution in [2.24, 2.45) is 0 Å². The average molecular weight is 252 g/mol. The van der Waals surface area contributed by atoms with Crippen LogP contribution in [0.4, 0.5) is 5.69 Å². The SMILES string of the molecule is CC(O)N1CC[C@H](Oc2ccc([N+](=O)[O-])cc2)C1. The molecule has 1 unspecified atom stereocenters. The molecule has 1 aromatic rings. The van der Waals surface area contributed by atoms with Crippen molar-refractivity contribution in [3.8, 4) is 5.75 Å². The number of non-ortho nitro benzene ring substituents is 1. The number of rotatable bonds is 4. The predicted molar refractivity (Wildman–Crippen MR) is 65.4 cm³/mol. The summed E-state index contributed by atoms with van der Waals surface area (Å²) >= 11 is 0. The molecule has 18 heavy (non-hydrogen) atoms. The fraction of sp³-hybridized carbons (Fsp3) is 0.500. The molecule has 1 saturated heterocycles. The molecule has 1 heterocycles. The highest BCUT2D eigenvalue weighted by Gasteiger charge is 2.26. The van der Waals surface area contributed by atoms with Crippen molar-refractivity contribution in [3.63, 3.8) is 0 Å². The topological polar surface area (TPSA) is 75.8 Å². The standard InChI is InChI=1S/C12H16N2O4/c1-9(15)13-7-6-12(8-13)18-11-4-2-10(3-5-11)14(16)17/h2-5,9,12,15H,6-8H2,1H3/t9?,12-/m0/s1. The van der Waals surface area contributed by atoms with Gasteiger partial charge in [-0.25, -0.2) is 0 Å². The first-order valence-corrected chi connectivity index (χ1v) is 5.89. The molecule has 0 radical (unpaired) electrons. The number of aliphatic hydroxyl groups excluding tert-OH is 1. The van der Waals surface area contributed by atoms with Gasteiger partial charge in [-0.3, -0.25) is 15.0 Å². The molecule has 0 aliphatic carbocycles. The normalized spacial score (nSPS) is 21.8. The molecule has 0 bridgehead atoms. The second kappa shape index (κ2) is 5.32. The highest BCUT2D eigenvalue weighted by molar-refractivity contribution is 5.36. The Hall–Kier alpha value is -1.66. The molecule has 1 aromatic carbocycles. The number of benzene rings is 1. The molecular weight excluding hydrogens is 236 g/mol. The first kappa shape index (κ1) is 12.8. The highest BCUT2D eigenvalue weighted by Crippen LogP contribution is 2.21. The lowest BCUT2D eigenvalue weighted by atomic mass is 10.3. The fourth-order valence-electron chi connectivity index (χ4n) is 2.03. The minimum absolute atomic E-state index is 0.0288. The van der Waals surface area contributed by atoms with E-state index in [0.717, 1.165) is 13.0 Å². The number of nitro groups is 1.